The first kappa shape index (κ1) is 29.9. The molecule has 4 aromatic rings. The third kappa shape index (κ3) is 8.21. The molecule has 0 radical (unpaired) electrons. The van der Waals surface area contributed by atoms with Crippen molar-refractivity contribution in [3.8, 4) is 0 Å². The van der Waals surface area contributed by atoms with Gasteiger partial charge in [-0.2, -0.15) is 9.41 Å². The van der Waals surface area contributed by atoms with E-state index in [2.05, 4.69) is 15.2 Å². The molecule has 41 heavy (non-hydrogen) atoms. The van der Waals surface area contributed by atoms with Gasteiger partial charge in [0.2, 0.25) is 20.0 Å². The minimum atomic E-state index is -3.98. The normalized spacial score (nSPS) is 12.2. The van der Waals surface area contributed by atoms with Crippen molar-refractivity contribution >= 4 is 32.2 Å². The maximum atomic E-state index is 13.4. The SMILES string of the molecule is Cc1ccc(S(=O)(=O)NCc2ccc(/C=N\NC(=O)CN(Cc3ccccc3)S(=O)(=O)c3ccc(C)cc3)o2)cc1. The van der Waals surface area contributed by atoms with Crippen molar-refractivity contribution < 1.29 is 26.0 Å². The zero-order chi connectivity index (χ0) is 29.5. The molecule has 4 rings (SSSR count). The van der Waals surface area contributed by atoms with E-state index in [4.69, 9.17) is 4.42 Å². The summed E-state index contributed by atoms with van der Waals surface area (Å²) in [6.45, 7) is 3.17. The van der Waals surface area contributed by atoms with Crippen LogP contribution in [0.3, 0.4) is 0 Å². The number of benzene rings is 3. The van der Waals surface area contributed by atoms with E-state index < -0.39 is 32.5 Å². The molecule has 3 aromatic carbocycles. The molecular formula is C29H30N4O6S2. The van der Waals surface area contributed by atoms with Crippen LogP contribution in [0.2, 0.25) is 0 Å². The molecule has 1 aromatic heterocycles. The molecule has 0 fully saturated rings. The minimum Gasteiger partial charge on any atom is -0.459 e. The number of rotatable bonds is 12. The van der Waals surface area contributed by atoms with Crippen molar-refractivity contribution in [2.24, 2.45) is 5.10 Å². The van der Waals surface area contributed by atoms with Gasteiger partial charge in [-0.05, 0) is 55.8 Å². The molecule has 0 bridgehead atoms. The topological polar surface area (TPSA) is 138 Å². The Morgan fingerprint density at radius 3 is 2.07 bits per heavy atom. The van der Waals surface area contributed by atoms with E-state index in [1.165, 1.54) is 30.5 Å². The highest BCUT2D eigenvalue weighted by Crippen LogP contribution is 2.19. The lowest BCUT2D eigenvalue weighted by Gasteiger charge is -2.21. The highest BCUT2D eigenvalue weighted by Gasteiger charge is 2.27. The molecule has 1 heterocycles. The second-order valence-electron chi connectivity index (χ2n) is 9.31. The minimum absolute atomic E-state index is 0.00573. The van der Waals surface area contributed by atoms with Gasteiger partial charge in [-0.25, -0.2) is 27.0 Å². The Kier molecular flexibility index (Phi) is 9.50. The molecule has 214 valence electrons. The number of hydrogen-bond acceptors (Lipinski definition) is 7. The fourth-order valence-electron chi connectivity index (χ4n) is 3.76. The Labute approximate surface area is 239 Å². The summed E-state index contributed by atoms with van der Waals surface area (Å²) in [5.74, 6) is -0.0413. The van der Waals surface area contributed by atoms with E-state index in [1.807, 2.05) is 19.9 Å². The second kappa shape index (κ2) is 13.0. The Bertz CT molecular complexity index is 1720. The zero-order valence-electron chi connectivity index (χ0n) is 22.5. The van der Waals surface area contributed by atoms with Crippen LogP contribution in [0.4, 0.5) is 0 Å². The number of hydrogen-bond donors (Lipinski definition) is 2. The van der Waals surface area contributed by atoms with E-state index in [9.17, 15) is 21.6 Å². The molecule has 10 nitrogen and oxygen atoms in total. The number of carbonyl (C=O) groups is 1. The van der Waals surface area contributed by atoms with Gasteiger partial charge in [-0.3, -0.25) is 4.79 Å². The number of nitrogens with zero attached hydrogens (tertiary/aromatic N) is 2. The predicted octanol–water partition coefficient (Wildman–Crippen LogP) is 3.72. The maximum absolute atomic E-state index is 13.4. The number of hydrazone groups is 1. The average molecular weight is 595 g/mol. The van der Waals surface area contributed by atoms with Crippen LogP contribution in [0.15, 0.2) is 110 Å². The van der Waals surface area contributed by atoms with Crippen LogP contribution < -0.4 is 10.1 Å². The molecular weight excluding hydrogens is 564 g/mol. The zero-order valence-corrected chi connectivity index (χ0v) is 24.2. The van der Waals surface area contributed by atoms with Crippen molar-refractivity contribution in [1.82, 2.24) is 14.5 Å². The van der Waals surface area contributed by atoms with Gasteiger partial charge in [0.1, 0.15) is 11.5 Å². The van der Waals surface area contributed by atoms with Crippen LogP contribution in [0.1, 0.15) is 28.2 Å². The van der Waals surface area contributed by atoms with Gasteiger partial charge in [0.25, 0.3) is 5.91 Å². The number of furan rings is 1. The first-order chi connectivity index (χ1) is 19.5. The molecule has 0 aliphatic heterocycles. The molecule has 0 aliphatic carbocycles. The fraction of sp³-hybridized carbons (Fsp3) is 0.172. The van der Waals surface area contributed by atoms with Gasteiger partial charge in [-0.1, -0.05) is 65.7 Å². The fourth-order valence-corrected chi connectivity index (χ4v) is 6.14. The van der Waals surface area contributed by atoms with Crippen LogP contribution in [0.5, 0.6) is 0 Å². The van der Waals surface area contributed by atoms with Gasteiger partial charge in [-0.15, -0.1) is 0 Å². The molecule has 0 spiro atoms. The van der Waals surface area contributed by atoms with Crippen LogP contribution in [0.25, 0.3) is 0 Å². The van der Waals surface area contributed by atoms with Crippen molar-refractivity contribution in [2.75, 3.05) is 6.54 Å². The largest absolute Gasteiger partial charge is 0.459 e. The van der Waals surface area contributed by atoms with E-state index in [1.54, 1.807) is 60.7 Å². The summed E-state index contributed by atoms with van der Waals surface area (Å²) in [6, 6.07) is 25.0. The van der Waals surface area contributed by atoms with Crippen molar-refractivity contribution in [2.45, 2.75) is 36.7 Å². The Hall–Kier alpha value is -4.10. The molecule has 0 aliphatic rings. The van der Waals surface area contributed by atoms with Crippen LogP contribution in [-0.2, 0) is 37.9 Å². The highest BCUT2D eigenvalue weighted by atomic mass is 32.2. The maximum Gasteiger partial charge on any atom is 0.255 e. The smallest absolute Gasteiger partial charge is 0.255 e. The van der Waals surface area contributed by atoms with Crippen molar-refractivity contribution in [3.05, 3.63) is 119 Å². The van der Waals surface area contributed by atoms with Crippen LogP contribution in [-0.4, -0.2) is 39.8 Å². The van der Waals surface area contributed by atoms with Gasteiger partial charge in [0.05, 0.1) is 29.1 Å². The molecule has 12 heteroatoms. The summed E-state index contributed by atoms with van der Waals surface area (Å²) >= 11 is 0. The summed E-state index contributed by atoms with van der Waals surface area (Å²) in [5.41, 5.74) is 4.91. The lowest BCUT2D eigenvalue weighted by Crippen LogP contribution is -2.39. The monoisotopic (exact) mass is 594 g/mol. The van der Waals surface area contributed by atoms with Crippen molar-refractivity contribution in [1.29, 1.82) is 0 Å². The summed E-state index contributed by atoms with van der Waals surface area (Å²) in [6.07, 6.45) is 1.24. The van der Waals surface area contributed by atoms with Crippen LogP contribution >= 0.6 is 0 Å². The lowest BCUT2D eigenvalue weighted by atomic mass is 10.2. The third-order valence-electron chi connectivity index (χ3n) is 6.01. The molecule has 0 saturated carbocycles. The van der Waals surface area contributed by atoms with E-state index in [-0.39, 0.29) is 28.6 Å². The molecule has 2 N–H and O–H groups in total. The first-order valence-corrected chi connectivity index (χ1v) is 15.5. The number of sulfonamides is 2. The van der Waals surface area contributed by atoms with Gasteiger partial charge in [0.15, 0.2) is 0 Å². The number of carbonyl (C=O) groups excluding carboxylic acids is 1. The molecule has 0 unspecified atom stereocenters. The Balaban J connectivity index is 1.37. The Morgan fingerprint density at radius 2 is 1.44 bits per heavy atom. The molecule has 1 amide bonds. The van der Waals surface area contributed by atoms with Gasteiger partial charge < -0.3 is 4.42 Å². The van der Waals surface area contributed by atoms with E-state index >= 15 is 0 Å². The highest BCUT2D eigenvalue weighted by molar-refractivity contribution is 7.89. The predicted molar refractivity (Wildman–Crippen MR) is 155 cm³/mol. The first-order valence-electron chi connectivity index (χ1n) is 12.6. The summed E-state index contributed by atoms with van der Waals surface area (Å²) in [5, 5.41) is 3.87. The quantitative estimate of drug-likeness (QED) is 0.189. The van der Waals surface area contributed by atoms with Gasteiger partial charge >= 0.3 is 0 Å². The number of aryl methyl sites for hydroxylation is 2. The second-order valence-corrected chi connectivity index (χ2v) is 13.0. The third-order valence-corrected chi connectivity index (χ3v) is 9.23. The van der Waals surface area contributed by atoms with E-state index in [0.717, 1.165) is 21.0 Å². The Morgan fingerprint density at radius 1 is 0.829 bits per heavy atom. The average Bonchev–Trinajstić information content (AvgIpc) is 3.40. The molecule has 0 saturated heterocycles. The van der Waals surface area contributed by atoms with Crippen molar-refractivity contribution in [3.63, 3.8) is 0 Å². The number of nitrogens with one attached hydrogen (secondary N) is 2. The van der Waals surface area contributed by atoms with Gasteiger partial charge in [0, 0.05) is 6.54 Å². The summed E-state index contributed by atoms with van der Waals surface area (Å²) < 4.78 is 60.8. The standard InChI is InChI=1S/C29H30N4O6S2/c1-22-8-14-27(15-9-22)40(35,36)31-19-26-13-12-25(39-26)18-30-32-29(34)21-33(20-24-6-4-3-5-7-24)41(37,38)28-16-10-23(2)11-17-28/h3-18,31H,19-21H2,1-2H3,(H,32,34)/b30-18-. The van der Waals surface area contributed by atoms with Crippen LogP contribution in [0, 0.1) is 13.8 Å². The summed E-state index contributed by atoms with van der Waals surface area (Å²) in [4.78, 5) is 12.9. The number of amides is 1. The van der Waals surface area contributed by atoms with E-state index in [0.29, 0.717) is 5.76 Å². The lowest BCUT2D eigenvalue weighted by molar-refractivity contribution is -0.121. The summed E-state index contributed by atoms with van der Waals surface area (Å²) in [7, 11) is -7.70. The molecule has 0 atom stereocenters.